The number of benzene rings is 1. The fourth-order valence-corrected chi connectivity index (χ4v) is 2.78. The third kappa shape index (κ3) is 3.96. The molecule has 0 N–H and O–H groups in total. The Morgan fingerprint density at radius 1 is 1.16 bits per heavy atom. The molecule has 1 fully saturated rings. The number of nitrogens with zero attached hydrogens (tertiary/aromatic N) is 1. The van der Waals surface area contributed by atoms with E-state index >= 15 is 0 Å². The molecule has 1 nitrogen and oxygen atoms in total. The van der Waals surface area contributed by atoms with Crippen LogP contribution in [0.5, 0.6) is 0 Å². The summed E-state index contributed by atoms with van der Waals surface area (Å²) in [6.07, 6.45) is 1.83. The van der Waals surface area contributed by atoms with E-state index in [9.17, 15) is 13.2 Å². The van der Waals surface area contributed by atoms with Gasteiger partial charge in [0, 0.05) is 12.6 Å². The van der Waals surface area contributed by atoms with Gasteiger partial charge in [0.25, 0.3) is 0 Å². The Bertz CT molecular complexity index is 408. The zero-order valence-electron chi connectivity index (χ0n) is 11.2. The van der Waals surface area contributed by atoms with Gasteiger partial charge in [-0.15, -0.1) is 0 Å². The Morgan fingerprint density at radius 3 is 2.47 bits per heavy atom. The molecule has 0 radical (unpaired) electrons. The van der Waals surface area contributed by atoms with E-state index in [0.29, 0.717) is 12.6 Å². The van der Waals surface area contributed by atoms with Crippen molar-refractivity contribution >= 4 is 0 Å². The summed E-state index contributed by atoms with van der Waals surface area (Å²) in [5.74, 6) is 0. The standard InChI is InChI=1S/C15H20F3N/c1-19(14-8-3-2-4-9-14)11-12-6-5-7-13(10-12)15(16,17)18/h5-7,10,14H,2-4,8-9,11H2,1H3. The van der Waals surface area contributed by atoms with Crippen LogP contribution in [0.3, 0.4) is 0 Å². The molecule has 0 heterocycles. The van der Waals surface area contributed by atoms with Gasteiger partial charge < -0.3 is 0 Å². The van der Waals surface area contributed by atoms with Gasteiger partial charge in [-0.25, -0.2) is 0 Å². The maximum Gasteiger partial charge on any atom is 0.416 e. The van der Waals surface area contributed by atoms with Crippen molar-refractivity contribution in [2.75, 3.05) is 7.05 Å². The molecular weight excluding hydrogens is 251 g/mol. The molecule has 0 spiro atoms. The van der Waals surface area contributed by atoms with E-state index in [-0.39, 0.29) is 0 Å². The van der Waals surface area contributed by atoms with Crippen LogP contribution in [-0.2, 0) is 12.7 Å². The minimum absolute atomic E-state index is 0.517. The zero-order valence-corrected chi connectivity index (χ0v) is 11.2. The van der Waals surface area contributed by atoms with Gasteiger partial charge >= 0.3 is 6.18 Å². The fraction of sp³-hybridized carbons (Fsp3) is 0.600. The molecule has 1 aliphatic rings. The van der Waals surface area contributed by atoms with Crippen molar-refractivity contribution in [3.8, 4) is 0 Å². The summed E-state index contributed by atoms with van der Waals surface area (Å²) < 4.78 is 37.9. The highest BCUT2D eigenvalue weighted by Gasteiger charge is 2.30. The summed E-state index contributed by atoms with van der Waals surface area (Å²) in [5.41, 5.74) is 0.185. The quantitative estimate of drug-likeness (QED) is 0.784. The predicted molar refractivity (Wildman–Crippen MR) is 69.8 cm³/mol. The second kappa shape index (κ2) is 5.95. The Kier molecular flexibility index (Phi) is 4.50. The molecule has 0 saturated heterocycles. The topological polar surface area (TPSA) is 3.24 Å². The summed E-state index contributed by atoms with van der Waals surface area (Å²) in [7, 11) is 2.01. The lowest BCUT2D eigenvalue weighted by Crippen LogP contribution is -2.32. The average molecular weight is 271 g/mol. The first kappa shape index (κ1) is 14.4. The lowest BCUT2D eigenvalue weighted by molar-refractivity contribution is -0.137. The van der Waals surface area contributed by atoms with Crippen molar-refractivity contribution in [2.45, 2.75) is 50.9 Å². The van der Waals surface area contributed by atoms with Crippen LogP contribution in [0.2, 0.25) is 0 Å². The summed E-state index contributed by atoms with van der Waals surface area (Å²) in [5, 5.41) is 0. The molecule has 0 aliphatic heterocycles. The van der Waals surface area contributed by atoms with Crippen LogP contribution in [0.4, 0.5) is 13.2 Å². The maximum absolute atomic E-state index is 12.6. The number of hydrogen-bond donors (Lipinski definition) is 0. The number of halogens is 3. The van der Waals surface area contributed by atoms with Gasteiger partial charge in [0.1, 0.15) is 0 Å². The first-order valence-corrected chi connectivity index (χ1v) is 6.83. The summed E-state index contributed by atoms with van der Waals surface area (Å²) in [4.78, 5) is 2.19. The van der Waals surface area contributed by atoms with Crippen molar-refractivity contribution in [1.82, 2.24) is 4.90 Å². The minimum atomic E-state index is -4.25. The van der Waals surface area contributed by atoms with Gasteiger partial charge in [0.05, 0.1) is 5.56 Å². The Hall–Kier alpha value is -1.03. The molecular formula is C15H20F3N. The van der Waals surface area contributed by atoms with Crippen molar-refractivity contribution < 1.29 is 13.2 Å². The van der Waals surface area contributed by atoms with Gasteiger partial charge in [0.2, 0.25) is 0 Å². The van der Waals surface area contributed by atoms with E-state index < -0.39 is 11.7 Å². The molecule has 1 aromatic rings. The lowest BCUT2D eigenvalue weighted by Gasteiger charge is -2.31. The Labute approximate surface area is 112 Å². The van der Waals surface area contributed by atoms with E-state index in [1.54, 1.807) is 6.07 Å². The third-order valence-corrected chi connectivity index (χ3v) is 3.88. The smallest absolute Gasteiger partial charge is 0.299 e. The number of alkyl halides is 3. The second-order valence-corrected chi connectivity index (χ2v) is 5.41. The molecule has 1 aromatic carbocycles. The summed E-state index contributed by atoms with van der Waals surface area (Å²) in [6.45, 7) is 0.592. The Balaban J connectivity index is 2.02. The molecule has 2 rings (SSSR count). The van der Waals surface area contributed by atoms with E-state index in [1.165, 1.54) is 31.4 Å². The largest absolute Gasteiger partial charge is 0.416 e. The normalized spacial score (nSPS) is 17.9. The Morgan fingerprint density at radius 2 is 1.84 bits per heavy atom. The first-order valence-electron chi connectivity index (χ1n) is 6.83. The van der Waals surface area contributed by atoms with Crippen LogP contribution >= 0.6 is 0 Å². The highest BCUT2D eigenvalue weighted by molar-refractivity contribution is 5.25. The highest BCUT2D eigenvalue weighted by Crippen LogP contribution is 2.30. The molecule has 1 saturated carbocycles. The van der Waals surface area contributed by atoms with E-state index in [2.05, 4.69) is 4.90 Å². The van der Waals surface area contributed by atoms with E-state index in [1.807, 2.05) is 7.05 Å². The number of rotatable bonds is 3. The van der Waals surface area contributed by atoms with E-state index in [0.717, 1.165) is 24.5 Å². The van der Waals surface area contributed by atoms with Crippen LogP contribution in [-0.4, -0.2) is 18.0 Å². The molecule has 106 valence electrons. The molecule has 0 unspecified atom stereocenters. The van der Waals surface area contributed by atoms with Crippen LogP contribution in [0.1, 0.15) is 43.2 Å². The highest BCUT2D eigenvalue weighted by atomic mass is 19.4. The van der Waals surface area contributed by atoms with Crippen molar-refractivity contribution in [2.24, 2.45) is 0 Å². The molecule has 4 heteroatoms. The summed E-state index contributed by atoms with van der Waals surface area (Å²) in [6, 6.07) is 6.17. The van der Waals surface area contributed by atoms with E-state index in [4.69, 9.17) is 0 Å². The molecule has 1 aliphatic carbocycles. The predicted octanol–water partition coefficient (Wildman–Crippen LogP) is 4.47. The van der Waals surface area contributed by atoms with Crippen LogP contribution in [0.15, 0.2) is 24.3 Å². The average Bonchev–Trinajstić information content (AvgIpc) is 2.39. The van der Waals surface area contributed by atoms with Crippen LogP contribution in [0.25, 0.3) is 0 Å². The monoisotopic (exact) mass is 271 g/mol. The minimum Gasteiger partial charge on any atom is -0.299 e. The molecule has 0 bridgehead atoms. The SMILES string of the molecule is CN(Cc1cccc(C(F)(F)F)c1)C1CCCCC1. The lowest BCUT2D eigenvalue weighted by atomic mass is 9.94. The molecule has 0 aromatic heterocycles. The van der Waals surface area contributed by atoms with Gasteiger partial charge in [-0.2, -0.15) is 13.2 Å². The molecule has 0 atom stereocenters. The van der Waals surface area contributed by atoms with Crippen LogP contribution in [0, 0.1) is 0 Å². The van der Waals surface area contributed by atoms with Crippen molar-refractivity contribution in [3.05, 3.63) is 35.4 Å². The van der Waals surface area contributed by atoms with Crippen molar-refractivity contribution in [3.63, 3.8) is 0 Å². The van der Waals surface area contributed by atoms with Crippen LogP contribution < -0.4 is 0 Å². The fourth-order valence-electron chi connectivity index (χ4n) is 2.78. The first-order chi connectivity index (χ1) is 8.97. The maximum atomic E-state index is 12.6. The van der Waals surface area contributed by atoms with Crippen molar-refractivity contribution in [1.29, 1.82) is 0 Å². The zero-order chi connectivity index (χ0) is 13.9. The summed E-state index contributed by atoms with van der Waals surface area (Å²) >= 11 is 0. The molecule has 0 amide bonds. The van der Waals surface area contributed by atoms with Gasteiger partial charge in [-0.1, -0.05) is 37.5 Å². The van der Waals surface area contributed by atoms with Gasteiger partial charge in [0.15, 0.2) is 0 Å². The third-order valence-electron chi connectivity index (χ3n) is 3.88. The van der Waals surface area contributed by atoms with Gasteiger partial charge in [-0.3, -0.25) is 4.90 Å². The van der Waals surface area contributed by atoms with Gasteiger partial charge in [-0.05, 0) is 31.5 Å². The number of hydrogen-bond acceptors (Lipinski definition) is 1. The molecule has 19 heavy (non-hydrogen) atoms. The second-order valence-electron chi connectivity index (χ2n) is 5.41.